The highest BCUT2D eigenvalue weighted by Gasteiger charge is 2.35. The molecule has 6 nitrogen and oxygen atoms in total. The van der Waals surface area contributed by atoms with E-state index in [9.17, 15) is 10.2 Å². The SMILES string of the molecule is CCCCC1=NC(O)=C(Cc2ccccc2)C(O)N1c1c(OC)cccc1OC. The van der Waals surface area contributed by atoms with E-state index in [4.69, 9.17) is 9.47 Å². The average Bonchev–Trinajstić information content (AvgIpc) is 2.75. The molecule has 0 amide bonds. The predicted molar refractivity (Wildman–Crippen MR) is 115 cm³/mol. The van der Waals surface area contributed by atoms with Crippen LogP contribution in [0.1, 0.15) is 31.7 Å². The Kier molecular flexibility index (Phi) is 6.77. The number of anilines is 1. The van der Waals surface area contributed by atoms with Crippen LogP contribution >= 0.6 is 0 Å². The number of hydrogen-bond donors (Lipinski definition) is 2. The molecule has 1 atom stereocenters. The molecule has 0 radical (unpaired) electrons. The Morgan fingerprint density at radius 1 is 1.00 bits per heavy atom. The van der Waals surface area contributed by atoms with Crippen LogP contribution in [0.15, 0.2) is 65.0 Å². The van der Waals surface area contributed by atoms with Gasteiger partial charge >= 0.3 is 0 Å². The number of rotatable bonds is 8. The maximum Gasteiger partial charge on any atom is 0.216 e. The second kappa shape index (κ2) is 9.47. The van der Waals surface area contributed by atoms with Gasteiger partial charge in [-0.15, -0.1) is 0 Å². The Morgan fingerprint density at radius 3 is 2.24 bits per heavy atom. The van der Waals surface area contributed by atoms with Crippen molar-refractivity contribution in [1.82, 2.24) is 0 Å². The van der Waals surface area contributed by atoms with Gasteiger partial charge in [0.1, 0.15) is 23.0 Å². The van der Waals surface area contributed by atoms with E-state index >= 15 is 0 Å². The molecule has 0 saturated heterocycles. The van der Waals surface area contributed by atoms with Crippen molar-refractivity contribution in [2.75, 3.05) is 19.1 Å². The van der Waals surface area contributed by atoms with Crippen LogP contribution in [0.4, 0.5) is 5.69 Å². The molecule has 0 spiro atoms. The van der Waals surface area contributed by atoms with Gasteiger partial charge in [-0.2, -0.15) is 0 Å². The summed E-state index contributed by atoms with van der Waals surface area (Å²) in [7, 11) is 3.16. The van der Waals surface area contributed by atoms with Gasteiger partial charge in [0.15, 0.2) is 6.23 Å². The molecular weight excluding hydrogens is 368 g/mol. The Hall–Kier alpha value is -2.99. The molecule has 2 aromatic rings. The molecule has 0 aromatic heterocycles. The highest BCUT2D eigenvalue weighted by molar-refractivity contribution is 6.02. The number of benzene rings is 2. The van der Waals surface area contributed by atoms with Gasteiger partial charge in [0.25, 0.3) is 0 Å². The summed E-state index contributed by atoms with van der Waals surface area (Å²) in [6.45, 7) is 2.09. The van der Waals surface area contributed by atoms with Crippen LogP contribution in [0.25, 0.3) is 0 Å². The molecule has 1 heterocycles. The van der Waals surface area contributed by atoms with Crippen molar-refractivity contribution in [3.8, 4) is 11.5 Å². The molecule has 1 aliphatic rings. The number of aliphatic imine (C=N–C) groups is 1. The van der Waals surface area contributed by atoms with Crippen LogP contribution in [-0.4, -0.2) is 36.5 Å². The molecule has 1 unspecified atom stereocenters. The molecule has 2 aromatic carbocycles. The van der Waals surface area contributed by atoms with Crippen molar-refractivity contribution in [3.63, 3.8) is 0 Å². The van der Waals surface area contributed by atoms with Crippen molar-refractivity contribution < 1.29 is 19.7 Å². The molecule has 3 rings (SSSR count). The molecule has 2 N–H and O–H groups in total. The first-order valence-corrected chi connectivity index (χ1v) is 9.82. The lowest BCUT2D eigenvalue weighted by Gasteiger charge is -2.36. The van der Waals surface area contributed by atoms with Gasteiger partial charge in [-0.3, -0.25) is 4.90 Å². The first-order chi connectivity index (χ1) is 14.1. The summed E-state index contributed by atoms with van der Waals surface area (Å²) in [5.74, 6) is 1.58. The zero-order valence-electron chi connectivity index (χ0n) is 17.1. The highest BCUT2D eigenvalue weighted by Crippen LogP contribution is 2.42. The third-order valence-electron chi connectivity index (χ3n) is 4.99. The minimum atomic E-state index is -1.09. The summed E-state index contributed by atoms with van der Waals surface area (Å²) >= 11 is 0. The topological polar surface area (TPSA) is 74.5 Å². The summed E-state index contributed by atoms with van der Waals surface area (Å²) in [5.41, 5.74) is 2.01. The molecule has 0 saturated carbocycles. The summed E-state index contributed by atoms with van der Waals surface area (Å²) in [6, 6.07) is 15.2. The Labute approximate surface area is 171 Å². The number of unbranched alkanes of at least 4 members (excludes halogenated alkanes) is 1. The average molecular weight is 396 g/mol. The third kappa shape index (κ3) is 4.38. The number of ether oxygens (including phenoxy) is 2. The largest absolute Gasteiger partial charge is 0.494 e. The molecule has 0 fully saturated rings. The fourth-order valence-corrected chi connectivity index (χ4v) is 3.48. The third-order valence-corrected chi connectivity index (χ3v) is 4.99. The summed E-state index contributed by atoms with van der Waals surface area (Å²) in [4.78, 5) is 6.18. The molecule has 6 heteroatoms. The van der Waals surface area contributed by atoms with Crippen molar-refractivity contribution in [3.05, 3.63) is 65.6 Å². The van der Waals surface area contributed by atoms with Crippen molar-refractivity contribution >= 4 is 11.5 Å². The number of hydrogen-bond acceptors (Lipinski definition) is 6. The van der Waals surface area contributed by atoms with Crippen molar-refractivity contribution in [1.29, 1.82) is 0 Å². The summed E-state index contributed by atoms with van der Waals surface area (Å²) in [6.07, 6.45) is 1.74. The maximum atomic E-state index is 11.3. The minimum absolute atomic E-state index is 0.127. The van der Waals surface area contributed by atoms with E-state index in [0.29, 0.717) is 41.4 Å². The zero-order valence-corrected chi connectivity index (χ0v) is 17.1. The van der Waals surface area contributed by atoms with Gasteiger partial charge in [0.05, 0.1) is 14.2 Å². The van der Waals surface area contributed by atoms with Gasteiger partial charge in [0.2, 0.25) is 5.88 Å². The van der Waals surface area contributed by atoms with Crippen LogP contribution in [0.3, 0.4) is 0 Å². The van der Waals surface area contributed by atoms with Crippen LogP contribution in [0.5, 0.6) is 11.5 Å². The van der Waals surface area contributed by atoms with Crippen molar-refractivity contribution in [2.24, 2.45) is 4.99 Å². The molecule has 0 aliphatic carbocycles. The first kappa shape index (κ1) is 20.7. The van der Waals surface area contributed by atoms with Gasteiger partial charge in [-0.05, 0) is 24.1 Å². The van der Waals surface area contributed by atoms with Crippen LogP contribution in [0.2, 0.25) is 0 Å². The van der Waals surface area contributed by atoms with E-state index in [-0.39, 0.29) is 5.88 Å². The van der Waals surface area contributed by atoms with Crippen molar-refractivity contribution in [2.45, 2.75) is 38.8 Å². The second-order valence-electron chi connectivity index (χ2n) is 6.90. The lowest BCUT2D eigenvalue weighted by Crippen LogP contribution is -2.45. The van der Waals surface area contributed by atoms with E-state index in [0.717, 1.165) is 18.4 Å². The standard InChI is InChI=1S/C23H28N2O4/c1-4-5-14-20-24-22(26)17(15-16-10-7-6-8-11-16)23(27)25(20)21-18(28-2)12-9-13-19(21)29-3/h6-13,23,26-27H,4-5,14-15H2,1-3H3. The Balaban J connectivity index is 2.09. The van der Waals surface area contributed by atoms with Crippen LogP contribution < -0.4 is 14.4 Å². The van der Waals surface area contributed by atoms with E-state index in [1.54, 1.807) is 19.1 Å². The van der Waals surface area contributed by atoms with Gasteiger partial charge in [0, 0.05) is 18.4 Å². The molecule has 1 aliphatic heterocycles. The normalized spacial score (nSPS) is 16.6. The number of nitrogens with zero attached hydrogens (tertiary/aromatic N) is 2. The molecule has 154 valence electrons. The van der Waals surface area contributed by atoms with Gasteiger partial charge < -0.3 is 19.7 Å². The lowest BCUT2D eigenvalue weighted by atomic mass is 10.0. The first-order valence-electron chi connectivity index (χ1n) is 9.82. The smallest absolute Gasteiger partial charge is 0.216 e. The zero-order chi connectivity index (χ0) is 20.8. The number of methoxy groups -OCH3 is 2. The fraction of sp³-hybridized carbons (Fsp3) is 0.348. The number of para-hydroxylation sites is 1. The number of aliphatic hydroxyl groups excluding tert-OH is 2. The van der Waals surface area contributed by atoms with Crippen LogP contribution in [-0.2, 0) is 6.42 Å². The summed E-state index contributed by atoms with van der Waals surface area (Å²) < 4.78 is 11.1. The lowest BCUT2D eigenvalue weighted by molar-refractivity contribution is 0.201. The quantitative estimate of drug-likeness (QED) is 0.690. The Bertz CT molecular complexity index is 871. The maximum absolute atomic E-state index is 11.3. The van der Waals surface area contributed by atoms with E-state index in [1.165, 1.54) is 0 Å². The summed E-state index contributed by atoms with van der Waals surface area (Å²) in [5, 5.41) is 22.0. The van der Waals surface area contributed by atoms with Gasteiger partial charge in [-0.1, -0.05) is 49.7 Å². The number of aliphatic hydroxyl groups is 2. The Morgan fingerprint density at radius 2 is 1.66 bits per heavy atom. The molecule has 29 heavy (non-hydrogen) atoms. The van der Waals surface area contributed by atoms with Crippen LogP contribution in [0, 0.1) is 0 Å². The fourth-order valence-electron chi connectivity index (χ4n) is 3.48. The van der Waals surface area contributed by atoms with E-state index in [1.807, 2.05) is 48.5 Å². The van der Waals surface area contributed by atoms with Gasteiger partial charge in [-0.25, -0.2) is 4.99 Å². The second-order valence-corrected chi connectivity index (χ2v) is 6.90. The molecule has 0 bridgehead atoms. The predicted octanol–water partition coefficient (Wildman–Crippen LogP) is 4.44. The molecular formula is C23H28N2O4. The minimum Gasteiger partial charge on any atom is -0.494 e. The number of amidine groups is 1. The van der Waals surface area contributed by atoms with E-state index in [2.05, 4.69) is 11.9 Å². The monoisotopic (exact) mass is 396 g/mol. The highest BCUT2D eigenvalue weighted by atomic mass is 16.5. The van der Waals surface area contributed by atoms with E-state index < -0.39 is 6.23 Å².